The first-order valence-electron chi connectivity index (χ1n) is 6.18. The molecule has 0 amide bonds. The predicted octanol–water partition coefficient (Wildman–Crippen LogP) is 3.96. The Morgan fingerprint density at radius 2 is 2.05 bits per heavy atom. The van der Waals surface area contributed by atoms with Gasteiger partial charge in [-0.2, -0.15) is 5.26 Å². The lowest BCUT2D eigenvalue weighted by Crippen LogP contribution is -1.98. The third-order valence-electron chi connectivity index (χ3n) is 3.22. The average Bonchev–Trinajstić information content (AvgIpc) is 2.90. The molecule has 3 nitrogen and oxygen atoms in total. The summed E-state index contributed by atoms with van der Waals surface area (Å²) in [4.78, 5) is 12.2. The molecule has 0 aromatic carbocycles. The number of hydrogen-bond donors (Lipinski definition) is 0. The van der Waals surface area contributed by atoms with E-state index in [4.69, 9.17) is 0 Å². The van der Waals surface area contributed by atoms with E-state index in [1.807, 2.05) is 30.5 Å². The van der Waals surface area contributed by atoms with Crippen molar-refractivity contribution in [2.24, 2.45) is 0 Å². The largest absolute Gasteiger partial charge is 0.308 e. The van der Waals surface area contributed by atoms with Gasteiger partial charge in [-0.1, -0.05) is 13.8 Å². The predicted molar refractivity (Wildman–Crippen MR) is 77.3 cm³/mol. The molecule has 2 heterocycles. The molecule has 0 radical (unpaired) electrons. The van der Waals surface area contributed by atoms with Crippen molar-refractivity contribution in [2.75, 3.05) is 0 Å². The van der Waals surface area contributed by atoms with Crippen LogP contribution in [0.1, 0.15) is 52.0 Å². The van der Waals surface area contributed by atoms with Crippen LogP contribution in [0.15, 0.2) is 12.1 Å². The topological polar surface area (TPSA) is 45.8 Å². The Labute approximate surface area is 117 Å². The summed E-state index contributed by atoms with van der Waals surface area (Å²) in [5.41, 5.74) is 3.23. The fourth-order valence-electron chi connectivity index (χ4n) is 2.15. The highest BCUT2D eigenvalue weighted by Crippen LogP contribution is 2.33. The fraction of sp³-hybridized carbons (Fsp3) is 0.333. The Balaban J connectivity index is 2.68. The quantitative estimate of drug-likeness (QED) is 0.794. The molecule has 0 aliphatic carbocycles. The first kappa shape index (κ1) is 13.6. The van der Waals surface area contributed by atoms with Crippen molar-refractivity contribution >= 4 is 17.6 Å². The zero-order valence-electron chi connectivity index (χ0n) is 11.5. The molecule has 2 aromatic heterocycles. The molecule has 0 unspecified atom stereocenters. The van der Waals surface area contributed by atoms with Gasteiger partial charge >= 0.3 is 0 Å². The fourth-order valence-corrected chi connectivity index (χ4v) is 3.37. The smallest absolute Gasteiger partial charge is 0.151 e. The molecule has 0 aliphatic rings. The molecule has 0 atom stereocenters. The van der Waals surface area contributed by atoms with Gasteiger partial charge in [-0.25, -0.2) is 0 Å². The number of thiophene rings is 1. The zero-order chi connectivity index (χ0) is 14.2. The average molecular weight is 272 g/mol. The highest BCUT2D eigenvalue weighted by molar-refractivity contribution is 7.14. The van der Waals surface area contributed by atoms with Gasteiger partial charge in [0.15, 0.2) is 6.29 Å². The maximum absolute atomic E-state index is 11.0. The number of hydrogen-bond acceptors (Lipinski definition) is 3. The van der Waals surface area contributed by atoms with Crippen molar-refractivity contribution in [3.8, 4) is 11.1 Å². The molecule has 4 heteroatoms. The van der Waals surface area contributed by atoms with Gasteiger partial charge in [-0.05, 0) is 31.9 Å². The van der Waals surface area contributed by atoms with Crippen LogP contribution in [-0.4, -0.2) is 10.9 Å². The monoisotopic (exact) mass is 272 g/mol. The van der Waals surface area contributed by atoms with Gasteiger partial charge in [0.25, 0.3) is 0 Å². The van der Waals surface area contributed by atoms with E-state index >= 15 is 0 Å². The van der Waals surface area contributed by atoms with Crippen molar-refractivity contribution in [3.05, 3.63) is 39.5 Å². The molecule has 2 aromatic rings. The van der Waals surface area contributed by atoms with Crippen LogP contribution in [0.4, 0.5) is 0 Å². The standard InChI is InChI=1S/C15H16N2OS/c1-9(2)14-6-12(7-16)15(19-14)17-10(3)5-13(8-18)11(17)4/h5-6,8-9H,1-4H3. The Kier molecular flexibility index (Phi) is 3.59. The lowest BCUT2D eigenvalue weighted by molar-refractivity contribution is 0.112. The Morgan fingerprint density at radius 3 is 2.53 bits per heavy atom. The summed E-state index contributed by atoms with van der Waals surface area (Å²) < 4.78 is 2.00. The van der Waals surface area contributed by atoms with Crippen LogP contribution in [0.5, 0.6) is 0 Å². The van der Waals surface area contributed by atoms with Crippen molar-refractivity contribution < 1.29 is 4.79 Å². The second-order valence-corrected chi connectivity index (χ2v) is 5.98. The molecular formula is C15H16N2OS. The number of aryl methyl sites for hydroxylation is 1. The van der Waals surface area contributed by atoms with Crippen molar-refractivity contribution in [2.45, 2.75) is 33.6 Å². The molecule has 0 fully saturated rings. The first-order chi connectivity index (χ1) is 8.99. The molecule has 0 N–H and O–H groups in total. The van der Waals surface area contributed by atoms with E-state index < -0.39 is 0 Å². The second kappa shape index (κ2) is 5.02. The summed E-state index contributed by atoms with van der Waals surface area (Å²) >= 11 is 1.62. The number of aldehydes is 1. The van der Waals surface area contributed by atoms with Gasteiger partial charge in [0.05, 0.1) is 5.56 Å². The molecule has 98 valence electrons. The third kappa shape index (κ3) is 2.22. The summed E-state index contributed by atoms with van der Waals surface area (Å²) in [6.07, 6.45) is 0.863. The van der Waals surface area contributed by atoms with E-state index in [-0.39, 0.29) is 0 Å². The first-order valence-corrected chi connectivity index (χ1v) is 6.99. The van der Waals surface area contributed by atoms with Gasteiger partial charge in [-0.3, -0.25) is 4.79 Å². The summed E-state index contributed by atoms with van der Waals surface area (Å²) in [7, 11) is 0. The van der Waals surface area contributed by atoms with Gasteiger partial charge in [0.1, 0.15) is 11.1 Å². The Bertz CT molecular complexity index is 671. The lowest BCUT2D eigenvalue weighted by Gasteiger charge is -2.07. The van der Waals surface area contributed by atoms with Crippen LogP contribution in [0, 0.1) is 25.2 Å². The normalized spacial score (nSPS) is 10.7. The van der Waals surface area contributed by atoms with E-state index in [0.717, 1.165) is 22.7 Å². The minimum absolute atomic E-state index is 0.396. The summed E-state index contributed by atoms with van der Waals surface area (Å²) in [6.45, 7) is 8.09. The van der Waals surface area contributed by atoms with Gasteiger partial charge < -0.3 is 4.57 Å². The van der Waals surface area contributed by atoms with Gasteiger partial charge in [0.2, 0.25) is 0 Å². The molecule has 0 spiro atoms. The van der Waals surface area contributed by atoms with Crippen LogP contribution < -0.4 is 0 Å². The number of nitrogens with zero attached hydrogens (tertiary/aromatic N) is 2. The van der Waals surface area contributed by atoms with Crippen molar-refractivity contribution in [1.29, 1.82) is 5.26 Å². The number of carbonyl (C=O) groups excluding carboxylic acids is 1. The van der Waals surface area contributed by atoms with Crippen LogP contribution in [0.25, 0.3) is 5.00 Å². The number of nitriles is 1. The molecular weight excluding hydrogens is 256 g/mol. The molecule has 0 saturated carbocycles. The second-order valence-electron chi connectivity index (χ2n) is 4.91. The van der Waals surface area contributed by atoms with Crippen LogP contribution in [0.2, 0.25) is 0 Å². The maximum Gasteiger partial charge on any atom is 0.151 e. The highest BCUT2D eigenvalue weighted by Gasteiger charge is 2.17. The Morgan fingerprint density at radius 1 is 1.37 bits per heavy atom. The van der Waals surface area contributed by atoms with E-state index in [1.165, 1.54) is 4.88 Å². The maximum atomic E-state index is 11.0. The zero-order valence-corrected chi connectivity index (χ0v) is 12.3. The molecule has 0 bridgehead atoms. The summed E-state index contributed by atoms with van der Waals surface area (Å²) in [6, 6.07) is 6.06. The van der Waals surface area contributed by atoms with Crippen LogP contribution in [0.3, 0.4) is 0 Å². The van der Waals surface area contributed by atoms with Crippen molar-refractivity contribution in [3.63, 3.8) is 0 Å². The van der Waals surface area contributed by atoms with Crippen molar-refractivity contribution in [1.82, 2.24) is 4.57 Å². The number of carbonyl (C=O) groups is 1. The van der Waals surface area contributed by atoms with Crippen LogP contribution in [-0.2, 0) is 0 Å². The molecule has 19 heavy (non-hydrogen) atoms. The van der Waals surface area contributed by atoms with E-state index in [2.05, 4.69) is 19.9 Å². The highest BCUT2D eigenvalue weighted by atomic mass is 32.1. The molecule has 0 saturated heterocycles. The number of rotatable bonds is 3. The number of aromatic nitrogens is 1. The van der Waals surface area contributed by atoms with Crippen LogP contribution >= 0.6 is 11.3 Å². The Hall–Kier alpha value is -1.86. The van der Waals surface area contributed by atoms with Gasteiger partial charge in [-0.15, -0.1) is 11.3 Å². The summed E-state index contributed by atoms with van der Waals surface area (Å²) in [5, 5.41) is 10.2. The SMILES string of the molecule is Cc1cc(C=O)c(C)n1-c1sc(C(C)C)cc1C#N. The van der Waals surface area contributed by atoms with E-state index in [0.29, 0.717) is 17.0 Å². The lowest BCUT2D eigenvalue weighted by atomic mass is 10.1. The van der Waals surface area contributed by atoms with E-state index in [9.17, 15) is 10.1 Å². The minimum Gasteiger partial charge on any atom is -0.308 e. The van der Waals surface area contributed by atoms with Gasteiger partial charge in [0, 0.05) is 21.8 Å². The molecule has 0 aliphatic heterocycles. The van der Waals surface area contributed by atoms with E-state index in [1.54, 1.807) is 11.3 Å². The third-order valence-corrected chi connectivity index (χ3v) is 4.64. The molecule has 2 rings (SSSR count). The minimum atomic E-state index is 0.396. The summed E-state index contributed by atoms with van der Waals surface area (Å²) in [5.74, 6) is 0.396.